The number of sulfonamides is 1. The summed E-state index contributed by atoms with van der Waals surface area (Å²) in [6, 6.07) is 17.7. The standard InChI is InChI=1S/C28H27FN4O9S/c1-38-23-8-4-5-9-24(23)42-25-26(33-43(36,37)20-12-10-19(11-13-20)39-15-14-34)30-18-31-27(25)40-16-17-41-28(35)32-22-7-3-2-6-21(22)29/h2-13,18,34H,14-17H2,1H3,(H,32,35)(H,30,31,33). The number of aliphatic hydroxyl groups is 1. The minimum absolute atomic E-state index is 0.0546. The second-order valence-electron chi connectivity index (χ2n) is 8.35. The highest BCUT2D eigenvalue weighted by Gasteiger charge is 2.23. The van der Waals surface area contributed by atoms with E-state index in [1.54, 1.807) is 30.3 Å². The summed E-state index contributed by atoms with van der Waals surface area (Å²) in [4.78, 5) is 20.0. The molecule has 0 spiro atoms. The number of benzene rings is 3. The summed E-state index contributed by atoms with van der Waals surface area (Å²) >= 11 is 0. The van der Waals surface area contributed by atoms with E-state index in [4.69, 9.17) is 28.8 Å². The van der Waals surface area contributed by atoms with Crippen LogP contribution >= 0.6 is 0 Å². The van der Waals surface area contributed by atoms with Gasteiger partial charge in [0, 0.05) is 0 Å². The zero-order valence-electron chi connectivity index (χ0n) is 22.7. The predicted molar refractivity (Wildman–Crippen MR) is 152 cm³/mol. The second-order valence-corrected chi connectivity index (χ2v) is 10.0. The van der Waals surface area contributed by atoms with Gasteiger partial charge in [0.1, 0.15) is 37.7 Å². The Morgan fingerprint density at radius 1 is 0.907 bits per heavy atom. The van der Waals surface area contributed by atoms with E-state index in [2.05, 4.69) is 20.0 Å². The largest absolute Gasteiger partial charge is 0.493 e. The molecule has 4 rings (SSSR count). The highest BCUT2D eigenvalue weighted by Crippen LogP contribution is 2.39. The molecule has 0 saturated carbocycles. The number of aromatic nitrogens is 2. The quantitative estimate of drug-likeness (QED) is 0.174. The van der Waals surface area contributed by atoms with Crippen LogP contribution in [0.4, 0.5) is 20.7 Å². The maximum atomic E-state index is 13.8. The van der Waals surface area contributed by atoms with Gasteiger partial charge in [-0.05, 0) is 48.5 Å². The molecule has 0 aliphatic carbocycles. The number of ether oxygens (including phenoxy) is 5. The van der Waals surface area contributed by atoms with Crippen molar-refractivity contribution in [2.24, 2.45) is 0 Å². The number of carbonyl (C=O) groups excluding carboxylic acids is 1. The number of nitrogens with one attached hydrogen (secondary N) is 2. The summed E-state index contributed by atoms with van der Waals surface area (Å²) in [7, 11) is -2.75. The first-order valence-corrected chi connectivity index (χ1v) is 14.1. The maximum absolute atomic E-state index is 13.8. The average Bonchev–Trinajstić information content (AvgIpc) is 3.01. The molecule has 0 atom stereocenters. The Bertz CT molecular complexity index is 1640. The third-order valence-corrected chi connectivity index (χ3v) is 6.80. The number of para-hydroxylation sites is 3. The SMILES string of the molecule is COc1ccccc1Oc1c(NS(=O)(=O)c2ccc(OCCO)cc2)ncnc1OCCOC(=O)Nc1ccccc1F. The summed E-state index contributed by atoms with van der Waals surface area (Å²) < 4.78 is 69.8. The fourth-order valence-corrected chi connectivity index (χ4v) is 4.50. The van der Waals surface area contributed by atoms with Gasteiger partial charge in [-0.1, -0.05) is 24.3 Å². The third kappa shape index (κ3) is 8.43. The molecule has 4 aromatic rings. The van der Waals surface area contributed by atoms with E-state index in [0.29, 0.717) is 11.5 Å². The van der Waals surface area contributed by atoms with Crippen molar-refractivity contribution in [2.45, 2.75) is 4.90 Å². The van der Waals surface area contributed by atoms with Crippen LogP contribution in [0.1, 0.15) is 0 Å². The number of aliphatic hydroxyl groups excluding tert-OH is 1. The van der Waals surface area contributed by atoms with Gasteiger partial charge in [-0.3, -0.25) is 10.0 Å². The molecular weight excluding hydrogens is 587 g/mol. The van der Waals surface area contributed by atoms with E-state index in [1.807, 2.05) is 0 Å². The number of amides is 1. The molecule has 0 bridgehead atoms. The van der Waals surface area contributed by atoms with E-state index in [0.717, 1.165) is 6.33 Å². The molecule has 0 saturated heterocycles. The van der Waals surface area contributed by atoms with Gasteiger partial charge in [-0.15, -0.1) is 0 Å². The topological polar surface area (TPSA) is 167 Å². The molecule has 0 radical (unpaired) electrons. The number of hydrogen-bond donors (Lipinski definition) is 3. The van der Waals surface area contributed by atoms with Crippen molar-refractivity contribution in [3.63, 3.8) is 0 Å². The molecular formula is C28H27FN4O9S. The van der Waals surface area contributed by atoms with Gasteiger partial charge in [0.25, 0.3) is 15.9 Å². The number of halogens is 1. The van der Waals surface area contributed by atoms with Crippen LogP contribution in [0.5, 0.6) is 28.9 Å². The molecule has 3 aromatic carbocycles. The molecule has 1 aromatic heterocycles. The number of rotatable bonds is 14. The fourth-order valence-electron chi connectivity index (χ4n) is 3.48. The lowest BCUT2D eigenvalue weighted by Gasteiger charge is -2.17. The van der Waals surface area contributed by atoms with Gasteiger partial charge in [-0.25, -0.2) is 22.6 Å². The van der Waals surface area contributed by atoms with Crippen LogP contribution in [0.15, 0.2) is 84.0 Å². The first-order valence-electron chi connectivity index (χ1n) is 12.6. The monoisotopic (exact) mass is 614 g/mol. The molecule has 1 heterocycles. The average molecular weight is 615 g/mol. The summed E-state index contributed by atoms with van der Waals surface area (Å²) in [5.74, 6) is -0.353. The Labute approximate surface area is 246 Å². The van der Waals surface area contributed by atoms with Crippen LogP contribution in [-0.4, -0.2) is 63.1 Å². The van der Waals surface area contributed by atoms with Gasteiger partial charge >= 0.3 is 6.09 Å². The van der Waals surface area contributed by atoms with Crippen LogP contribution in [0.25, 0.3) is 0 Å². The minimum atomic E-state index is -4.19. The molecule has 1 amide bonds. The van der Waals surface area contributed by atoms with Gasteiger partial charge in [-0.2, -0.15) is 4.98 Å². The van der Waals surface area contributed by atoms with E-state index >= 15 is 0 Å². The van der Waals surface area contributed by atoms with Crippen molar-refractivity contribution in [1.29, 1.82) is 0 Å². The van der Waals surface area contributed by atoms with Gasteiger partial charge in [0.2, 0.25) is 5.75 Å². The molecule has 15 heteroatoms. The zero-order valence-corrected chi connectivity index (χ0v) is 23.5. The summed E-state index contributed by atoms with van der Waals surface area (Å²) in [6.07, 6.45) is 0.142. The van der Waals surface area contributed by atoms with E-state index in [1.165, 1.54) is 49.6 Å². The van der Waals surface area contributed by atoms with E-state index in [-0.39, 0.29) is 60.2 Å². The summed E-state index contributed by atoms with van der Waals surface area (Å²) in [5.41, 5.74) is -0.0547. The number of anilines is 2. The molecule has 226 valence electrons. The number of methoxy groups -OCH3 is 1. The highest BCUT2D eigenvalue weighted by atomic mass is 32.2. The van der Waals surface area contributed by atoms with Crippen molar-refractivity contribution >= 4 is 27.6 Å². The summed E-state index contributed by atoms with van der Waals surface area (Å²) in [5, 5.41) is 11.2. The lowest BCUT2D eigenvalue weighted by atomic mass is 10.3. The Hall–Kier alpha value is -5.15. The van der Waals surface area contributed by atoms with Crippen molar-refractivity contribution in [1.82, 2.24) is 9.97 Å². The van der Waals surface area contributed by atoms with Gasteiger partial charge < -0.3 is 28.8 Å². The maximum Gasteiger partial charge on any atom is 0.411 e. The van der Waals surface area contributed by atoms with Crippen molar-refractivity contribution in [2.75, 3.05) is 43.6 Å². The smallest absolute Gasteiger partial charge is 0.411 e. The van der Waals surface area contributed by atoms with Crippen molar-refractivity contribution < 1.29 is 46.4 Å². The Morgan fingerprint density at radius 2 is 1.63 bits per heavy atom. The van der Waals surface area contributed by atoms with Crippen LogP contribution in [-0.2, 0) is 14.8 Å². The molecule has 0 unspecified atom stereocenters. The van der Waals surface area contributed by atoms with Crippen LogP contribution < -0.4 is 29.0 Å². The van der Waals surface area contributed by atoms with Gasteiger partial charge in [0.15, 0.2) is 17.3 Å². The van der Waals surface area contributed by atoms with E-state index in [9.17, 15) is 17.6 Å². The molecule has 0 aliphatic heterocycles. The summed E-state index contributed by atoms with van der Waals surface area (Å²) in [6.45, 7) is -0.643. The lowest BCUT2D eigenvalue weighted by Crippen LogP contribution is -2.19. The molecule has 0 fully saturated rings. The van der Waals surface area contributed by atoms with Crippen LogP contribution in [0.2, 0.25) is 0 Å². The lowest BCUT2D eigenvalue weighted by molar-refractivity contribution is 0.135. The fraction of sp³-hybridized carbons (Fsp3) is 0.179. The second kappa shape index (κ2) is 14.7. The van der Waals surface area contributed by atoms with Crippen LogP contribution in [0.3, 0.4) is 0 Å². The molecule has 13 nitrogen and oxygen atoms in total. The molecule has 43 heavy (non-hydrogen) atoms. The first kappa shape index (κ1) is 30.8. The molecule has 0 aliphatic rings. The van der Waals surface area contributed by atoms with Crippen LogP contribution in [0, 0.1) is 5.82 Å². The highest BCUT2D eigenvalue weighted by molar-refractivity contribution is 7.92. The normalized spacial score (nSPS) is 10.9. The number of carbonyl (C=O) groups is 1. The minimum Gasteiger partial charge on any atom is -0.493 e. The third-order valence-electron chi connectivity index (χ3n) is 5.44. The number of nitrogens with zero attached hydrogens (tertiary/aromatic N) is 2. The first-order chi connectivity index (χ1) is 20.8. The zero-order chi connectivity index (χ0) is 30.7. The Balaban J connectivity index is 1.52. The van der Waals surface area contributed by atoms with Crippen molar-refractivity contribution in [3.8, 4) is 28.9 Å². The predicted octanol–water partition coefficient (Wildman–Crippen LogP) is 4.22. The number of hydrogen-bond acceptors (Lipinski definition) is 11. The molecule has 3 N–H and O–H groups in total. The van der Waals surface area contributed by atoms with Crippen molar-refractivity contribution in [3.05, 3.63) is 84.9 Å². The Kier molecular flexibility index (Phi) is 10.5. The van der Waals surface area contributed by atoms with E-state index < -0.39 is 21.9 Å². The Morgan fingerprint density at radius 3 is 2.35 bits per heavy atom. The van der Waals surface area contributed by atoms with Gasteiger partial charge in [0.05, 0.1) is 24.3 Å².